The minimum absolute atomic E-state index is 0.276. The predicted molar refractivity (Wildman–Crippen MR) is 110 cm³/mol. The van der Waals surface area contributed by atoms with Crippen molar-refractivity contribution in [1.29, 1.82) is 0 Å². The monoisotopic (exact) mass is 362 g/mol. The first-order chi connectivity index (χ1) is 12.7. The first-order valence-electron chi connectivity index (χ1n) is 8.86. The zero-order chi connectivity index (χ0) is 18.4. The fourth-order valence-corrected chi connectivity index (χ4v) is 5.57. The number of ether oxygens (including phenoxy) is 1. The van der Waals surface area contributed by atoms with E-state index in [0.29, 0.717) is 5.56 Å². The van der Waals surface area contributed by atoms with Gasteiger partial charge >= 0.3 is 5.97 Å². The Morgan fingerprint density at radius 2 is 1.46 bits per heavy atom. The number of hydrogen-bond acceptors (Lipinski definition) is 2. The van der Waals surface area contributed by atoms with Crippen LogP contribution in [0, 0.1) is 0 Å². The van der Waals surface area contributed by atoms with Crippen molar-refractivity contribution in [3.8, 4) is 0 Å². The summed E-state index contributed by atoms with van der Waals surface area (Å²) in [6, 6.07) is 27.0. The maximum atomic E-state index is 12.5. The van der Waals surface area contributed by atoms with Gasteiger partial charge in [0, 0.05) is 0 Å². The Morgan fingerprint density at radius 1 is 0.885 bits per heavy atom. The number of methoxy groups -OCH3 is 1. The summed E-state index contributed by atoms with van der Waals surface area (Å²) in [6.45, 7) is 2.17. The standard InChI is InChI=1S/C23H23O2P/c1-3-10-18-15-16-21(23(24)25-2)22(17-18)26(19-11-6-4-7-12-19)20-13-8-5-9-14-20/h4-9,11-17H,3,10H2,1-2H3. The fourth-order valence-electron chi connectivity index (χ4n) is 3.07. The molecule has 132 valence electrons. The van der Waals surface area contributed by atoms with E-state index in [9.17, 15) is 4.79 Å². The lowest BCUT2D eigenvalue weighted by atomic mass is 10.1. The number of carbonyl (C=O) groups is 1. The third kappa shape index (κ3) is 4.03. The number of carbonyl (C=O) groups excluding carboxylic acids is 1. The van der Waals surface area contributed by atoms with Gasteiger partial charge in [0.2, 0.25) is 0 Å². The van der Waals surface area contributed by atoms with Crippen LogP contribution >= 0.6 is 7.92 Å². The Labute approximate surface area is 156 Å². The highest BCUT2D eigenvalue weighted by Crippen LogP contribution is 2.34. The second-order valence-electron chi connectivity index (χ2n) is 6.10. The van der Waals surface area contributed by atoms with Crippen LogP contribution in [0.4, 0.5) is 0 Å². The minimum Gasteiger partial charge on any atom is -0.465 e. The molecule has 26 heavy (non-hydrogen) atoms. The van der Waals surface area contributed by atoms with Crippen molar-refractivity contribution in [3.05, 3.63) is 90.0 Å². The van der Waals surface area contributed by atoms with Crippen molar-refractivity contribution in [2.75, 3.05) is 7.11 Å². The zero-order valence-corrected chi connectivity index (χ0v) is 16.1. The molecule has 0 saturated heterocycles. The molecule has 3 heteroatoms. The van der Waals surface area contributed by atoms with Crippen LogP contribution in [0.5, 0.6) is 0 Å². The number of esters is 1. The van der Waals surface area contributed by atoms with E-state index < -0.39 is 7.92 Å². The van der Waals surface area contributed by atoms with E-state index in [0.717, 1.165) is 18.1 Å². The summed E-state index contributed by atoms with van der Waals surface area (Å²) in [6.07, 6.45) is 2.08. The topological polar surface area (TPSA) is 26.3 Å². The molecule has 0 bridgehead atoms. The lowest BCUT2D eigenvalue weighted by Crippen LogP contribution is -2.26. The van der Waals surface area contributed by atoms with Gasteiger partial charge in [-0.1, -0.05) is 80.1 Å². The van der Waals surface area contributed by atoms with Gasteiger partial charge in [-0.3, -0.25) is 0 Å². The molecule has 3 aromatic carbocycles. The third-order valence-electron chi connectivity index (χ3n) is 4.28. The summed E-state index contributed by atoms with van der Waals surface area (Å²) in [4.78, 5) is 12.5. The lowest BCUT2D eigenvalue weighted by molar-refractivity contribution is 0.0602. The van der Waals surface area contributed by atoms with Crippen LogP contribution in [0.1, 0.15) is 29.3 Å². The van der Waals surface area contributed by atoms with Crippen LogP contribution < -0.4 is 15.9 Å². The average Bonchev–Trinajstić information content (AvgIpc) is 2.70. The molecule has 0 aliphatic heterocycles. The van der Waals surface area contributed by atoms with Gasteiger partial charge in [-0.05, 0) is 48.0 Å². The van der Waals surface area contributed by atoms with Crippen molar-refractivity contribution in [3.63, 3.8) is 0 Å². The van der Waals surface area contributed by atoms with Gasteiger partial charge in [-0.15, -0.1) is 0 Å². The van der Waals surface area contributed by atoms with Gasteiger partial charge in [0.1, 0.15) is 0 Å². The van der Waals surface area contributed by atoms with E-state index >= 15 is 0 Å². The maximum absolute atomic E-state index is 12.5. The molecule has 0 unspecified atom stereocenters. The SMILES string of the molecule is CCCc1ccc(C(=O)OC)c(P(c2ccccc2)c2ccccc2)c1. The molecule has 2 nitrogen and oxygen atoms in total. The highest BCUT2D eigenvalue weighted by Gasteiger charge is 2.23. The second kappa shape index (κ2) is 8.78. The van der Waals surface area contributed by atoms with Gasteiger partial charge in [0.25, 0.3) is 0 Å². The summed E-state index contributed by atoms with van der Waals surface area (Å²) < 4.78 is 5.07. The van der Waals surface area contributed by atoms with Crippen LogP contribution in [0.2, 0.25) is 0 Å². The number of aryl methyl sites for hydroxylation is 1. The highest BCUT2D eigenvalue weighted by molar-refractivity contribution is 7.80. The van der Waals surface area contributed by atoms with Crippen molar-refractivity contribution < 1.29 is 9.53 Å². The molecule has 0 spiro atoms. The molecular formula is C23H23O2P. The first kappa shape index (κ1) is 18.4. The number of benzene rings is 3. The molecule has 0 aliphatic rings. The van der Waals surface area contributed by atoms with Gasteiger partial charge in [0.15, 0.2) is 0 Å². The van der Waals surface area contributed by atoms with Crippen LogP contribution in [0.3, 0.4) is 0 Å². The van der Waals surface area contributed by atoms with E-state index in [4.69, 9.17) is 4.74 Å². The molecule has 0 saturated carbocycles. The average molecular weight is 362 g/mol. The minimum atomic E-state index is -0.833. The third-order valence-corrected chi connectivity index (χ3v) is 6.76. The summed E-state index contributed by atoms with van der Waals surface area (Å²) in [5.41, 5.74) is 1.92. The Bertz CT molecular complexity index is 820. The molecule has 3 rings (SSSR count). The van der Waals surface area contributed by atoms with Crippen LogP contribution in [0.25, 0.3) is 0 Å². The number of hydrogen-bond donors (Lipinski definition) is 0. The van der Waals surface area contributed by atoms with Gasteiger partial charge in [0.05, 0.1) is 12.7 Å². The Kier molecular flexibility index (Phi) is 6.20. The molecule has 0 fully saturated rings. The van der Waals surface area contributed by atoms with Gasteiger partial charge in [-0.25, -0.2) is 4.79 Å². The highest BCUT2D eigenvalue weighted by atomic mass is 31.1. The van der Waals surface area contributed by atoms with Crippen molar-refractivity contribution in [1.82, 2.24) is 0 Å². The van der Waals surface area contributed by atoms with E-state index in [-0.39, 0.29) is 5.97 Å². The molecule has 0 heterocycles. The van der Waals surface area contributed by atoms with Crippen molar-refractivity contribution in [2.45, 2.75) is 19.8 Å². The zero-order valence-electron chi connectivity index (χ0n) is 15.2. The summed E-state index contributed by atoms with van der Waals surface area (Å²) in [5, 5.41) is 3.52. The number of rotatable bonds is 6. The van der Waals surface area contributed by atoms with Gasteiger partial charge < -0.3 is 4.74 Å². The molecule has 0 N–H and O–H groups in total. The Balaban J connectivity index is 2.22. The summed E-state index contributed by atoms with van der Waals surface area (Å²) in [5.74, 6) is -0.276. The molecular weight excluding hydrogens is 339 g/mol. The Hall–Kier alpha value is -2.44. The smallest absolute Gasteiger partial charge is 0.338 e. The molecule has 3 aromatic rings. The molecule has 0 aromatic heterocycles. The quantitative estimate of drug-likeness (QED) is 0.486. The normalized spacial score (nSPS) is 10.7. The predicted octanol–water partition coefficient (Wildman–Crippen LogP) is 4.18. The van der Waals surface area contributed by atoms with Crippen LogP contribution in [0.15, 0.2) is 78.9 Å². The largest absolute Gasteiger partial charge is 0.465 e. The van der Waals surface area contributed by atoms with Crippen molar-refractivity contribution >= 4 is 29.8 Å². The second-order valence-corrected chi connectivity index (χ2v) is 8.29. The fraction of sp³-hybridized carbons (Fsp3) is 0.174. The molecule has 0 amide bonds. The summed E-state index contributed by atoms with van der Waals surface area (Å²) >= 11 is 0. The molecule has 0 radical (unpaired) electrons. The molecule has 0 aliphatic carbocycles. The van der Waals surface area contributed by atoms with E-state index in [1.807, 2.05) is 24.3 Å². The van der Waals surface area contributed by atoms with E-state index in [1.54, 1.807) is 0 Å². The summed E-state index contributed by atoms with van der Waals surface area (Å²) in [7, 11) is 0.611. The van der Waals surface area contributed by atoms with E-state index in [1.165, 1.54) is 23.3 Å². The molecule has 0 atom stereocenters. The first-order valence-corrected chi connectivity index (χ1v) is 10.2. The maximum Gasteiger partial charge on any atom is 0.338 e. The Morgan fingerprint density at radius 3 is 1.96 bits per heavy atom. The lowest BCUT2D eigenvalue weighted by Gasteiger charge is -2.22. The van der Waals surface area contributed by atoms with Crippen molar-refractivity contribution in [2.24, 2.45) is 0 Å². The van der Waals surface area contributed by atoms with Crippen LogP contribution in [-0.2, 0) is 11.2 Å². The van der Waals surface area contributed by atoms with Crippen LogP contribution in [-0.4, -0.2) is 13.1 Å². The van der Waals surface area contributed by atoms with Gasteiger partial charge in [-0.2, -0.15) is 0 Å². The van der Waals surface area contributed by atoms with E-state index in [2.05, 4.69) is 61.5 Å².